The Morgan fingerprint density at radius 1 is 1.00 bits per heavy atom. The predicted molar refractivity (Wildman–Crippen MR) is 108 cm³/mol. The summed E-state index contributed by atoms with van der Waals surface area (Å²) in [6.45, 7) is 2.93. The van der Waals surface area contributed by atoms with Crippen LogP contribution in [0.25, 0.3) is 0 Å². The van der Waals surface area contributed by atoms with Gasteiger partial charge in [-0.1, -0.05) is 42.5 Å². The molecule has 1 saturated heterocycles. The van der Waals surface area contributed by atoms with E-state index < -0.39 is 0 Å². The molecule has 1 aliphatic carbocycles. The molecule has 28 heavy (non-hydrogen) atoms. The van der Waals surface area contributed by atoms with Gasteiger partial charge < -0.3 is 15.1 Å². The number of hydrogen-bond acceptors (Lipinski definition) is 4. The highest BCUT2D eigenvalue weighted by Gasteiger charge is 2.44. The number of piperazine rings is 1. The van der Waals surface area contributed by atoms with Crippen molar-refractivity contribution in [3.05, 3.63) is 70.3 Å². The van der Waals surface area contributed by atoms with Gasteiger partial charge in [-0.25, -0.2) is 4.79 Å². The summed E-state index contributed by atoms with van der Waals surface area (Å²) in [5.74, 6) is 0. The summed E-state index contributed by atoms with van der Waals surface area (Å²) in [6, 6.07) is 17.1. The lowest BCUT2D eigenvalue weighted by molar-refractivity contribution is -0.384. The average molecular weight is 380 g/mol. The zero-order chi connectivity index (χ0) is 19.6. The van der Waals surface area contributed by atoms with Crippen molar-refractivity contribution in [3.63, 3.8) is 0 Å². The molecule has 2 fully saturated rings. The van der Waals surface area contributed by atoms with Crippen molar-refractivity contribution in [2.45, 2.75) is 18.3 Å². The fraction of sp³-hybridized carbons (Fsp3) is 0.381. The maximum absolute atomic E-state index is 12.6. The van der Waals surface area contributed by atoms with E-state index in [-0.39, 0.29) is 22.1 Å². The van der Waals surface area contributed by atoms with Crippen LogP contribution in [0.4, 0.5) is 16.2 Å². The molecular formula is C21H24N4O3. The molecule has 2 amide bonds. The van der Waals surface area contributed by atoms with Crippen LogP contribution in [0.1, 0.15) is 18.4 Å². The van der Waals surface area contributed by atoms with Crippen LogP contribution in [0, 0.1) is 10.1 Å². The maximum atomic E-state index is 12.6. The van der Waals surface area contributed by atoms with E-state index in [2.05, 4.69) is 17.4 Å². The molecule has 2 aromatic carbocycles. The van der Waals surface area contributed by atoms with Crippen molar-refractivity contribution in [1.29, 1.82) is 0 Å². The summed E-state index contributed by atoms with van der Waals surface area (Å²) in [6.07, 6.45) is 2.20. The Bertz CT molecular complexity index is 859. The fourth-order valence-electron chi connectivity index (χ4n) is 3.90. The SMILES string of the molecule is O=C(NCC1(c2ccccc2)CC1)N1CCN(c2ccccc2[N+](=O)[O-])CC1. The van der Waals surface area contributed by atoms with Crippen LogP contribution in [0.2, 0.25) is 0 Å². The number of anilines is 1. The highest BCUT2D eigenvalue weighted by atomic mass is 16.6. The zero-order valence-corrected chi connectivity index (χ0v) is 15.7. The molecule has 7 heteroatoms. The third-order valence-electron chi connectivity index (χ3n) is 5.80. The van der Waals surface area contributed by atoms with E-state index in [1.54, 1.807) is 23.1 Å². The van der Waals surface area contributed by atoms with E-state index in [0.717, 1.165) is 12.8 Å². The van der Waals surface area contributed by atoms with Crippen molar-refractivity contribution in [2.75, 3.05) is 37.6 Å². The van der Waals surface area contributed by atoms with Gasteiger partial charge in [-0.2, -0.15) is 0 Å². The smallest absolute Gasteiger partial charge is 0.317 e. The summed E-state index contributed by atoms with van der Waals surface area (Å²) in [4.78, 5) is 27.3. The first-order chi connectivity index (χ1) is 13.6. The molecule has 2 aromatic rings. The Morgan fingerprint density at radius 2 is 1.64 bits per heavy atom. The van der Waals surface area contributed by atoms with Crippen LogP contribution in [0.15, 0.2) is 54.6 Å². The summed E-state index contributed by atoms with van der Waals surface area (Å²) < 4.78 is 0. The van der Waals surface area contributed by atoms with Crippen molar-refractivity contribution in [1.82, 2.24) is 10.2 Å². The van der Waals surface area contributed by atoms with Crippen LogP contribution in [0.3, 0.4) is 0 Å². The van der Waals surface area contributed by atoms with E-state index >= 15 is 0 Å². The Kier molecular flexibility index (Phi) is 4.90. The maximum Gasteiger partial charge on any atom is 0.317 e. The molecular weight excluding hydrogens is 356 g/mol. The number of benzene rings is 2. The zero-order valence-electron chi connectivity index (χ0n) is 15.7. The first-order valence-electron chi connectivity index (χ1n) is 9.66. The molecule has 1 heterocycles. The van der Waals surface area contributed by atoms with Gasteiger partial charge in [-0.3, -0.25) is 10.1 Å². The lowest BCUT2D eigenvalue weighted by atomic mass is 9.96. The topological polar surface area (TPSA) is 78.7 Å². The highest BCUT2D eigenvalue weighted by Crippen LogP contribution is 2.47. The predicted octanol–water partition coefficient (Wildman–Crippen LogP) is 3.16. The Hall–Kier alpha value is -3.09. The summed E-state index contributed by atoms with van der Waals surface area (Å²) in [7, 11) is 0. The normalized spacial score (nSPS) is 17.9. The second-order valence-electron chi connectivity index (χ2n) is 7.52. The second kappa shape index (κ2) is 7.50. The van der Waals surface area contributed by atoms with E-state index in [4.69, 9.17) is 0 Å². The van der Waals surface area contributed by atoms with Gasteiger partial charge in [-0.05, 0) is 24.5 Å². The number of carbonyl (C=O) groups excluding carboxylic acids is 1. The van der Waals surface area contributed by atoms with Crippen molar-refractivity contribution in [3.8, 4) is 0 Å². The molecule has 0 unspecified atom stereocenters. The van der Waals surface area contributed by atoms with Crippen LogP contribution >= 0.6 is 0 Å². The monoisotopic (exact) mass is 380 g/mol. The van der Waals surface area contributed by atoms with Gasteiger partial charge in [0.15, 0.2) is 0 Å². The van der Waals surface area contributed by atoms with Gasteiger partial charge in [0, 0.05) is 44.2 Å². The van der Waals surface area contributed by atoms with Gasteiger partial charge in [-0.15, -0.1) is 0 Å². The number of rotatable bonds is 5. The van der Waals surface area contributed by atoms with Crippen molar-refractivity contribution < 1.29 is 9.72 Å². The number of urea groups is 1. The Labute approximate surface area is 164 Å². The minimum atomic E-state index is -0.354. The molecule has 4 rings (SSSR count). The number of hydrogen-bond donors (Lipinski definition) is 1. The van der Waals surface area contributed by atoms with Crippen LogP contribution < -0.4 is 10.2 Å². The molecule has 0 atom stereocenters. The lowest BCUT2D eigenvalue weighted by Gasteiger charge is -2.36. The summed E-state index contributed by atoms with van der Waals surface area (Å²) in [5.41, 5.74) is 2.10. The molecule has 1 N–H and O–H groups in total. The minimum Gasteiger partial charge on any atom is -0.362 e. The lowest BCUT2D eigenvalue weighted by Crippen LogP contribution is -2.52. The van der Waals surface area contributed by atoms with Crippen LogP contribution in [-0.4, -0.2) is 48.6 Å². The van der Waals surface area contributed by atoms with Gasteiger partial charge in [0.05, 0.1) is 4.92 Å². The van der Waals surface area contributed by atoms with Crippen LogP contribution in [0.5, 0.6) is 0 Å². The van der Waals surface area contributed by atoms with Gasteiger partial charge in [0.25, 0.3) is 5.69 Å². The van der Waals surface area contributed by atoms with Gasteiger partial charge in [0.1, 0.15) is 5.69 Å². The standard InChI is InChI=1S/C21H24N4O3/c26-20(22-16-21(10-11-21)17-6-2-1-3-7-17)24-14-12-23(13-15-24)18-8-4-5-9-19(18)25(27)28/h1-9H,10-16H2,(H,22,26). The third kappa shape index (κ3) is 3.65. The number of amides is 2. The van der Waals surface area contributed by atoms with E-state index in [9.17, 15) is 14.9 Å². The molecule has 0 spiro atoms. The number of para-hydroxylation sites is 2. The van der Waals surface area contributed by atoms with Gasteiger partial charge >= 0.3 is 6.03 Å². The number of carbonyl (C=O) groups is 1. The number of nitrogens with one attached hydrogen (secondary N) is 1. The van der Waals surface area contributed by atoms with Crippen molar-refractivity contribution in [2.24, 2.45) is 0 Å². The molecule has 0 aromatic heterocycles. The Balaban J connectivity index is 1.32. The number of nitro benzene ring substituents is 1. The third-order valence-corrected chi connectivity index (χ3v) is 5.80. The summed E-state index contributed by atoms with van der Waals surface area (Å²) >= 11 is 0. The van der Waals surface area contributed by atoms with Gasteiger partial charge in [0.2, 0.25) is 0 Å². The highest BCUT2D eigenvalue weighted by molar-refractivity contribution is 5.75. The molecule has 0 radical (unpaired) electrons. The first-order valence-corrected chi connectivity index (χ1v) is 9.66. The van der Waals surface area contributed by atoms with E-state index in [1.807, 2.05) is 23.1 Å². The second-order valence-corrected chi connectivity index (χ2v) is 7.52. The summed E-state index contributed by atoms with van der Waals surface area (Å²) in [5, 5.41) is 14.3. The number of nitro groups is 1. The van der Waals surface area contributed by atoms with E-state index in [1.165, 1.54) is 11.6 Å². The quantitative estimate of drug-likeness (QED) is 0.638. The Morgan fingerprint density at radius 3 is 2.29 bits per heavy atom. The first kappa shape index (κ1) is 18.3. The molecule has 1 saturated carbocycles. The van der Waals surface area contributed by atoms with E-state index in [0.29, 0.717) is 38.4 Å². The molecule has 0 bridgehead atoms. The van der Waals surface area contributed by atoms with Crippen molar-refractivity contribution >= 4 is 17.4 Å². The molecule has 7 nitrogen and oxygen atoms in total. The molecule has 1 aliphatic heterocycles. The molecule has 146 valence electrons. The minimum absolute atomic E-state index is 0.0515. The van der Waals surface area contributed by atoms with Crippen LogP contribution in [-0.2, 0) is 5.41 Å². The molecule has 2 aliphatic rings. The number of nitrogens with zero attached hydrogens (tertiary/aromatic N) is 3. The fourth-order valence-corrected chi connectivity index (χ4v) is 3.90. The largest absolute Gasteiger partial charge is 0.362 e. The average Bonchev–Trinajstić information content (AvgIpc) is 3.54.